The molecule has 0 heterocycles. The van der Waals surface area contributed by atoms with Crippen molar-refractivity contribution in [3.05, 3.63) is 84.4 Å². The molecule has 4 nitrogen and oxygen atoms in total. The van der Waals surface area contributed by atoms with E-state index in [1.54, 1.807) is 36.0 Å². The Kier molecular flexibility index (Phi) is 5.92. The topological polar surface area (TPSA) is 62.1 Å². The minimum atomic E-state index is -0.240. The van der Waals surface area contributed by atoms with E-state index in [2.05, 4.69) is 5.32 Å². The van der Waals surface area contributed by atoms with Gasteiger partial charge >= 0.3 is 0 Å². The van der Waals surface area contributed by atoms with Crippen molar-refractivity contribution in [2.45, 2.75) is 9.79 Å². The number of para-hydroxylation sites is 1. The van der Waals surface area contributed by atoms with Gasteiger partial charge in [0, 0.05) is 9.79 Å². The lowest BCUT2D eigenvalue weighted by atomic mass is 10.2. The summed E-state index contributed by atoms with van der Waals surface area (Å²) >= 11 is 1.59. The van der Waals surface area contributed by atoms with Crippen molar-refractivity contribution < 1.29 is 9.53 Å². The summed E-state index contributed by atoms with van der Waals surface area (Å²) in [5, 5.41) is 11.7. The Labute approximate surface area is 156 Å². The number of ether oxygens (including phenoxy) is 1. The first kappa shape index (κ1) is 17.6. The number of nitrogens with one attached hydrogen (secondary N) is 1. The van der Waals surface area contributed by atoms with Crippen molar-refractivity contribution in [2.75, 3.05) is 11.9 Å². The molecule has 128 valence electrons. The molecule has 0 unspecified atom stereocenters. The molecule has 0 spiro atoms. The van der Waals surface area contributed by atoms with Crippen LogP contribution >= 0.6 is 11.8 Å². The SMILES string of the molecule is N#Cc1ccc(OCC(=O)Nc2ccccc2Sc2ccccc2)cc1. The molecule has 0 atom stereocenters. The molecule has 0 aliphatic rings. The van der Waals surface area contributed by atoms with Gasteiger partial charge in [0.25, 0.3) is 5.91 Å². The molecule has 5 heteroatoms. The van der Waals surface area contributed by atoms with Gasteiger partial charge in [0.1, 0.15) is 5.75 Å². The molecule has 0 saturated heterocycles. The van der Waals surface area contributed by atoms with Gasteiger partial charge in [-0.2, -0.15) is 5.26 Å². The van der Waals surface area contributed by atoms with E-state index in [1.165, 1.54) is 0 Å². The van der Waals surface area contributed by atoms with E-state index in [4.69, 9.17) is 10.00 Å². The predicted molar refractivity (Wildman–Crippen MR) is 102 cm³/mol. The lowest BCUT2D eigenvalue weighted by Crippen LogP contribution is -2.20. The van der Waals surface area contributed by atoms with Crippen molar-refractivity contribution in [1.82, 2.24) is 0 Å². The van der Waals surface area contributed by atoms with Crippen LogP contribution in [0.5, 0.6) is 5.75 Å². The smallest absolute Gasteiger partial charge is 0.262 e. The second kappa shape index (κ2) is 8.75. The summed E-state index contributed by atoms with van der Waals surface area (Å²) in [6.07, 6.45) is 0. The van der Waals surface area contributed by atoms with Gasteiger partial charge < -0.3 is 10.1 Å². The van der Waals surface area contributed by atoms with Gasteiger partial charge in [-0.05, 0) is 48.5 Å². The summed E-state index contributed by atoms with van der Waals surface area (Å²) in [6, 6.07) is 26.3. The number of benzene rings is 3. The lowest BCUT2D eigenvalue weighted by Gasteiger charge is -2.11. The summed E-state index contributed by atoms with van der Waals surface area (Å²) in [7, 11) is 0. The number of nitrogens with zero attached hydrogens (tertiary/aromatic N) is 1. The summed E-state index contributed by atoms with van der Waals surface area (Å²) < 4.78 is 5.47. The van der Waals surface area contributed by atoms with E-state index >= 15 is 0 Å². The van der Waals surface area contributed by atoms with Crippen LogP contribution in [0.2, 0.25) is 0 Å². The van der Waals surface area contributed by atoms with Crippen LogP contribution in [0, 0.1) is 11.3 Å². The van der Waals surface area contributed by atoms with E-state index in [-0.39, 0.29) is 12.5 Å². The fraction of sp³-hybridized carbons (Fsp3) is 0.0476. The molecule has 1 N–H and O–H groups in total. The summed E-state index contributed by atoms with van der Waals surface area (Å²) in [6.45, 7) is -0.101. The van der Waals surface area contributed by atoms with E-state index in [0.29, 0.717) is 11.3 Å². The molecule has 0 fully saturated rings. The average molecular weight is 360 g/mol. The number of hydrogen-bond donors (Lipinski definition) is 1. The maximum Gasteiger partial charge on any atom is 0.262 e. The molecule has 0 aromatic heterocycles. The van der Waals surface area contributed by atoms with E-state index < -0.39 is 0 Å². The molecule has 0 aliphatic heterocycles. The van der Waals surface area contributed by atoms with Gasteiger partial charge in [-0.15, -0.1) is 0 Å². The molecule has 0 bridgehead atoms. The zero-order valence-electron chi connectivity index (χ0n) is 13.9. The second-order valence-electron chi connectivity index (χ2n) is 5.38. The molecule has 26 heavy (non-hydrogen) atoms. The third-order valence-electron chi connectivity index (χ3n) is 3.49. The van der Waals surface area contributed by atoms with E-state index in [9.17, 15) is 4.79 Å². The molecule has 0 radical (unpaired) electrons. The Bertz CT molecular complexity index is 919. The molecule has 1 amide bonds. The summed E-state index contributed by atoms with van der Waals surface area (Å²) in [4.78, 5) is 14.3. The van der Waals surface area contributed by atoms with Crippen LogP contribution in [0.15, 0.2) is 88.7 Å². The number of nitriles is 1. The number of anilines is 1. The number of carbonyl (C=O) groups excluding carboxylic acids is 1. The second-order valence-corrected chi connectivity index (χ2v) is 6.50. The number of carbonyl (C=O) groups is 1. The Morgan fingerprint density at radius 3 is 2.38 bits per heavy atom. The largest absolute Gasteiger partial charge is 0.484 e. The summed E-state index contributed by atoms with van der Waals surface area (Å²) in [5.41, 5.74) is 1.29. The first-order valence-electron chi connectivity index (χ1n) is 7.99. The fourth-order valence-electron chi connectivity index (χ4n) is 2.24. The van der Waals surface area contributed by atoms with Crippen LogP contribution in [0.1, 0.15) is 5.56 Å². The number of amides is 1. The predicted octanol–water partition coefficient (Wildman–Crippen LogP) is 4.73. The lowest BCUT2D eigenvalue weighted by molar-refractivity contribution is -0.118. The number of rotatable bonds is 6. The summed E-state index contributed by atoms with van der Waals surface area (Å²) in [5.74, 6) is 0.307. The monoisotopic (exact) mass is 360 g/mol. The third kappa shape index (κ3) is 4.88. The maximum absolute atomic E-state index is 12.2. The first-order chi connectivity index (χ1) is 12.7. The van der Waals surface area contributed by atoms with Crippen molar-refractivity contribution in [3.8, 4) is 11.8 Å². The van der Waals surface area contributed by atoms with Gasteiger partial charge in [-0.3, -0.25) is 4.79 Å². The Hall–Kier alpha value is -3.23. The Morgan fingerprint density at radius 2 is 1.65 bits per heavy atom. The van der Waals surface area contributed by atoms with Gasteiger partial charge in [0.2, 0.25) is 0 Å². The Morgan fingerprint density at radius 1 is 0.962 bits per heavy atom. The number of hydrogen-bond acceptors (Lipinski definition) is 4. The normalized spacial score (nSPS) is 9.96. The highest BCUT2D eigenvalue weighted by atomic mass is 32.2. The van der Waals surface area contributed by atoms with Gasteiger partial charge in [0.05, 0.1) is 17.3 Å². The molecule has 0 aliphatic carbocycles. The zero-order chi connectivity index (χ0) is 18.2. The van der Waals surface area contributed by atoms with Gasteiger partial charge in [-0.25, -0.2) is 0 Å². The standard InChI is InChI=1S/C21H16N2O2S/c22-14-16-10-12-17(13-11-16)25-15-21(24)23-19-8-4-5-9-20(19)26-18-6-2-1-3-7-18/h1-13H,15H2,(H,23,24). The third-order valence-corrected chi connectivity index (χ3v) is 4.57. The first-order valence-corrected chi connectivity index (χ1v) is 8.81. The highest BCUT2D eigenvalue weighted by Gasteiger charge is 2.09. The van der Waals surface area contributed by atoms with Crippen LogP contribution in [0.4, 0.5) is 5.69 Å². The van der Waals surface area contributed by atoms with Crippen LogP contribution < -0.4 is 10.1 Å². The molecular formula is C21H16N2O2S. The van der Waals surface area contributed by atoms with E-state index in [0.717, 1.165) is 15.5 Å². The van der Waals surface area contributed by atoms with Crippen molar-refractivity contribution in [2.24, 2.45) is 0 Å². The maximum atomic E-state index is 12.2. The quantitative estimate of drug-likeness (QED) is 0.690. The highest BCUT2D eigenvalue weighted by Crippen LogP contribution is 2.33. The van der Waals surface area contributed by atoms with Crippen LogP contribution in [0.25, 0.3) is 0 Å². The van der Waals surface area contributed by atoms with Gasteiger partial charge in [0.15, 0.2) is 6.61 Å². The molecule has 3 aromatic rings. The van der Waals surface area contributed by atoms with Crippen molar-refractivity contribution in [1.29, 1.82) is 5.26 Å². The molecule has 3 aromatic carbocycles. The van der Waals surface area contributed by atoms with Gasteiger partial charge in [-0.1, -0.05) is 42.1 Å². The molecular weight excluding hydrogens is 344 g/mol. The average Bonchev–Trinajstić information content (AvgIpc) is 2.69. The highest BCUT2D eigenvalue weighted by molar-refractivity contribution is 7.99. The van der Waals surface area contributed by atoms with Crippen LogP contribution in [-0.2, 0) is 4.79 Å². The zero-order valence-corrected chi connectivity index (χ0v) is 14.7. The van der Waals surface area contributed by atoms with Crippen LogP contribution in [0.3, 0.4) is 0 Å². The minimum absolute atomic E-state index is 0.101. The fourth-order valence-corrected chi connectivity index (χ4v) is 3.16. The van der Waals surface area contributed by atoms with Crippen LogP contribution in [-0.4, -0.2) is 12.5 Å². The molecule has 3 rings (SSSR count). The Balaban J connectivity index is 1.61. The molecule has 0 saturated carbocycles. The minimum Gasteiger partial charge on any atom is -0.484 e. The van der Waals surface area contributed by atoms with E-state index in [1.807, 2.05) is 60.7 Å². The van der Waals surface area contributed by atoms with Crippen molar-refractivity contribution >= 4 is 23.4 Å². The van der Waals surface area contributed by atoms with Crippen molar-refractivity contribution in [3.63, 3.8) is 0 Å².